The molecule has 2 heteroatoms. The summed E-state index contributed by atoms with van der Waals surface area (Å²) in [7, 11) is 0. The molecule has 1 unspecified atom stereocenters. The van der Waals surface area contributed by atoms with Crippen molar-refractivity contribution >= 4 is 11.3 Å². The average molecular weight is 251 g/mol. The van der Waals surface area contributed by atoms with Crippen molar-refractivity contribution in [3.05, 3.63) is 22.4 Å². The first-order valence-corrected chi connectivity index (χ1v) is 8.00. The van der Waals surface area contributed by atoms with Gasteiger partial charge in [0.15, 0.2) is 0 Å². The van der Waals surface area contributed by atoms with E-state index in [-0.39, 0.29) is 0 Å². The van der Waals surface area contributed by atoms with Crippen LogP contribution >= 0.6 is 11.3 Å². The third-order valence-corrected chi connectivity index (χ3v) is 5.14. The van der Waals surface area contributed by atoms with Gasteiger partial charge in [-0.1, -0.05) is 26.3 Å². The third-order valence-electron chi connectivity index (χ3n) is 4.16. The molecule has 1 atom stereocenters. The highest BCUT2D eigenvalue weighted by Crippen LogP contribution is 2.29. The van der Waals surface area contributed by atoms with Crippen LogP contribution in [0.2, 0.25) is 0 Å². The zero-order valence-corrected chi connectivity index (χ0v) is 11.9. The molecule has 1 aliphatic carbocycles. The second-order valence-electron chi connectivity index (χ2n) is 5.27. The average Bonchev–Trinajstić information content (AvgIpc) is 2.90. The summed E-state index contributed by atoms with van der Waals surface area (Å²) in [5.74, 6) is 0.995. The van der Waals surface area contributed by atoms with Crippen molar-refractivity contribution in [2.75, 3.05) is 0 Å². The summed E-state index contributed by atoms with van der Waals surface area (Å²) in [5.41, 5.74) is 0. The molecule has 0 aliphatic heterocycles. The quantitative estimate of drug-likeness (QED) is 0.795. The highest BCUT2D eigenvalue weighted by atomic mass is 32.1. The van der Waals surface area contributed by atoms with Gasteiger partial charge in [0.25, 0.3) is 0 Å². The lowest BCUT2D eigenvalue weighted by atomic mass is 9.84. The summed E-state index contributed by atoms with van der Waals surface area (Å²) in [5, 5.41) is 6.05. The van der Waals surface area contributed by atoms with Crippen molar-refractivity contribution in [2.45, 2.75) is 64.5 Å². The van der Waals surface area contributed by atoms with E-state index in [4.69, 9.17) is 0 Å². The molecule has 1 nitrogen and oxygen atoms in total. The molecule has 1 heterocycles. The molecule has 0 radical (unpaired) electrons. The molecule has 0 saturated heterocycles. The zero-order valence-electron chi connectivity index (χ0n) is 11.1. The smallest absolute Gasteiger partial charge is 0.0414 e. The number of hydrogen-bond acceptors (Lipinski definition) is 2. The predicted molar refractivity (Wildman–Crippen MR) is 76.5 cm³/mol. The van der Waals surface area contributed by atoms with Gasteiger partial charge in [0.1, 0.15) is 0 Å². The van der Waals surface area contributed by atoms with E-state index in [9.17, 15) is 0 Å². The fraction of sp³-hybridized carbons (Fsp3) is 0.733. The number of nitrogens with one attached hydrogen (secondary N) is 1. The largest absolute Gasteiger partial charge is 0.306 e. The van der Waals surface area contributed by atoms with Gasteiger partial charge in [-0.2, -0.15) is 0 Å². The Hall–Kier alpha value is -0.340. The number of thiophene rings is 1. The zero-order chi connectivity index (χ0) is 12.1. The van der Waals surface area contributed by atoms with E-state index < -0.39 is 0 Å². The Morgan fingerprint density at radius 1 is 1.29 bits per heavy atom. The molecule has 1 fully saturated rings. The van der Waals surface area contributed by atoms with Gasteiger partial charge in [0, 0.05) is 17.0 Å². The summed E-state index contributed by atoms with van der Waals surface area (Å²) in [6.45, 7) is 4.62. The monoisotopic (exact) mass is 251 g/mol. The minimum Gasteiger partial charge on any atom is -0.306 e. The van der Waals surface area contributed by atoms with Gasteiger partial charge >= 0.3 is 0 Å². The predicted octanol–water partition coefficient (Wildman–Crippen LogP) is 4.76. The molecule has 1 aromatic rings. The second kappa shape index (κ2) is 6.55. The highest BCUT2D eigenvalue weighted by Gasteiger charge is 2.22. The van der Waals surface area contributed by atoms with Crippen molar-refractivity contribution in [2.24, 2.45) is 5.92 Å². The van der Waals surface area contributed by atoms with Gasteiger partial charge in [-0.3, -0.25) is 0 Å². The molecule has 1 aliphatic rings. The van der Waals surface area contributed by atoms with Crippen LogP contribution in [-0.4, -0.2) is 6.04 Å². The molecule has 2 rings (SSSR count). The van der Waals surface area contributed by atoms with Gasteiger partial charge in [-0.15, -0.1) is 11.3 Å². The molecule has 1 aromatic heterocycles. The third kappa shape index (κ3) is 3.56. The van der Waals surface area contributed by atoms with E-state index in [2.05, 4.69) is 36.7 Å². The first-order valence-electron chi connectivity index (χ1n) is 7.12. The minimum absolute atomic E-state index is 0.582. The Morgan fingerprint density at radius 2 is 2.06 bits per heavy atom. The van der Waals surface area contributed by atoms with Crippen LogP contribution in [0.4, 0.5) is 0 Å². The van der Waals surface area contributed by atoms with Crippen molar-refractivity contribution < 1.29 is 0 Å². The van der Waals surface area contributed by atoms with Gasteiger partial charge < -0.3 is 5.32 Å². The molecule has 0 bridgehead atoms. The van der Waals surface area contributed by atoms with Gasteiger partial charge in [0.05, 0.1) is 0 Å². The van der Waals surface area contributed by atoms with Crippen LogP contribution in [0.25, 0.3) is 0 Å². The van der Waals surface area contributed by atoms with Crippen LogP contribution in [0, 0.1) is 5.92 Å². The fourth-order valence-corrected chi connectivity index (χ4v) is 3.78. The van der Waals surface area contributed by atoms with Gasteiger partial charge in [-0.25, -0.2) is 0 Å². The molecule has 0 amide bonds. The molecular formula is C15H25NS. The maximum atomic E-state index is 3.86. The number of hydrogen-bond donors (Lipinski definition) is 1. The van der Waals surface area contributed by atoms with Crippen LogP contribution in [0.1, 0.15) is 63.3 Å². The summed E-state index contributed by atoms with van der Waals surface area (Å²) in [4.78, 5) is 1.50. The van der Waals surface area contributed by atoms with E-state index in [1.54, 1.807) is 0 Å². The first-order chi connectivity index (χ1) is 8.33. The summed E-state index contributed by atoms with van der Waals surface area (Å²) >= 11 is 1.89. The molecular weight excluding hydrogens is 226 g/mol. The van der Waals surface area contributed by atoms with Crippen LogP contribution in [0.3, 0.4) is 0 Å². The van der Waals surface area contributed by atoms with Crippen LogP contribution in [0.15, 0.2) is 17.5 Å². The maximum Gasteiger partial charge on any atom is 0.0414 e. The molecule has 1 N–H and O–H groups in total. The van der Waals surface area contributed by atoms with Crippen molar-refractivity contribution in [3.8, 4) is 0 Å². The SMILES string of the molecule is CCC1CCC(NC(CC)c2cccs2)CC1. The molecule has 1 saturated carbocycles. The van der Waals surface area contributed by atoms with Crippen LogP contribution < -0.4 is 5.32 Å². The Labute approximate surface area is 110 Å². The topological polar surface area (TPSA) is 12.0 Å². The standard InChI is InChI=1S/C15H25NS/c1-3-12-7-9-13(10-8-12)16-14(4-2)15-6-5-11-17-15/h5-6,11-14,16H,3-4,7-10H2,1-2H3. The van der Waals surface area contributed by atoms with Gasteiger partial charge in [0.2, 0.25) is 0 Å². The Balaban J connectivity index is 1.84. The first kappa shape index (κ1) is 13.1. The van der Waals surface area contributed by atoms with E-state index in [1.807, 2.05) is 11.3 Å². The Morgan fingerprint density at radius 3 is 2.59 bits per heavy atom. The summed E-state index contributed by atoms with van der Waals surface area (Å²) in [6, 6.07) is 5.77. The fourth-order valence-electron chi connectivity index (χ4n) is 2.91. The maximum absolute atomic E-state index is 3.86. The molecule has 0 spiro atoms. The Kier molecular flexibility index (Phi) is 5.05. The second-order valence-corrected chi connectivity index (χ2v) is 6.25. The van der Waals surface area contributed by atoms with E-state index in [0.29, 0.717) is 6.04 Å². The van der Waals surface area contributed by atoms with E-state index in [0.717, 1.165) is 12.0 Å². The summed E-state index contributed by atoms with van der Waals surface area (Å²) in [6.07, 6.45) is 8.17. The van der Waals surface area contributed by atoms with Crippen LogP contribution in [0.5, 0.6) is 0 Å². The van der Waals surface area contributed by atoms with E-state index in [1.165, 1.54) is 43.4 Å². The highest BCUT2D eigenvalue weighted by molar-refractivity contribution is 7.10. The van der Waals surface area contributed by atoms with Gasteiger partial charge in [-0.05, 0) is 49.5 Å². The lowest BCUT2D eigenvalue weighted by Crippen LogP contribution is -2.35. The van der Waals surface area contributed by atoms with Crippen molar-refractivity contribution in [1.29, 1.82) is 0 Å². The minimum atomic E-state index is 0.582. The van der Waals surface area contributed by atoms with Crippen LogP contribution in [-0.2, 0) is 0 Å². The summed E-state index contributed by atoms with van der Waals surface area (Å²) < 4.78 is 0. The van der Waals surface area contributed by atoms with Crippen molar-refractivity contribution in [3.63, 3.8) is 0 Å². The lowest BCUT2D eigenvalue weighted by Gasteiger charge is -2.31. The molecule has 17 heavy (non-hydrogen) atoms. The van der Waals surface area contributed by atoms with Crippen molar-refractivity contribution in [1.82, 2.24) is 5.32 Å². The number of rotatable bonds is 5. The normalized spacial score (nSPS) is 26.9. The van der Waals surface area contributed by atoms with E-state index >= 15 is 0 Å². The Bertz CT molecular complexity index is 299. The lowest BCUT2D eigenvalue weighted by molar-refractivity contribution is 0.268. The molecule has 96 valence electrons. The molecule has 0 aromatic carbocycles.